The summed E-state index contributed by atoms with van der Waals surface area (Å²) in [5, 5.41) is 0. The van der Waals surface area contributed by atoms with E-state index in [1.807, 2.05) is 84.9 Å². The fourth-order valence-corrected chi connectivity index (χ4v) is 3.96. The standard InChI is InChI=1S/C27H23BrO3/c1-2-17-31-27(30)19-25(21-11-7-4-8-12-21)24(20-9-5-3-6-10-20)18-26(29)22-13-15-23(28)16-14-22/h1,3-16,24-25H,17-19H2/t24-,25-/m0/s1. The van der Waals surface area contributed by atoms with E-state index < -0.39 is 0 Å². The minimum atomic E-state index is -0.371. The summed E-state index contributed by atoms with van der Waals surface area (Å²) in [5.74, 6) is 1.56. The van der Waals surface area contributed by atoms with Gasteiger partial charge in [-0.05, 0) is 29.2 Å². The van der Waals surface area contributed by atoms with Crippen LogP contribution in [0.25, 0.3) is 0 Å². The first kappa shape index (κ1) is 22.5. The van der Waals surface area contributed by atoms with E-state index in [2.05, 4.69) is 21.9 Å². The molecule has 3 aromatic carbocycles. The molecule has 0 saturated carbocycles. The lowest BCUT2D eigenvalue weighted by atomic mass is 9.76. The zero-order valence-electron chi connectivity index (χ0n) is 17.0. The average Bonchev–Trinajstić information content (AvgIpc) is 2.81. The van der Waals surface area contributed by atoms with Crippen LogP contribution in [-0.2, 0) is 9.53 Å². The van der Waals surface area contributed by atoms with Crippen molar-refractivity contribution in [2.24, 2.45) is 0 Å². The molecule has 0 heterocycles. The molecule has 3 rings (SSSR count). The second kappa shape index (κ2) is 11.3. The number of ketones is 1. The molecule has 0 amide bonds. The highest BCUT2D eigenvalue weighted by Crippen LogP contribution is 2.39. The molecular formula is C27H23BrO3. The van der Waals surface area contributed by atoms with E-state index in [9.17, 15) is 9.59 Å². The largest absolute Gasteiger partial charge is 0.452 e. The van der Waals surface area contributed by atoms with Crippen molar-refractivity contribution in [3.05, 3.63) is 106 Å². The zero-order chi connectivity index (χ0) is 22.1. The molecule has 0 saturated heterocycles. The highest BCUT2D eigenvalue weighted by molar-refractivity contribution is 9.10. The summed E-state index contributed by atoms with van der Waals surface area (Å²) in [4.78, 5) is 25.7. The molecule has 3 aromatic rings. The van der Waals surface area contributed by atoms with Crippen LogP contribution in [0.4, 0.5) is 0 Å². The van der Waals surface area contributed by atoms with Gasteiger partial charge in [0.2, 0.25) is 0 Å². The van der Waals surface area contributed by atoms with Crippen molar-refractivity contribution in [3.8, 4) is 12.3 Å². The Kier molecular flexibility index (Phi) is 8.20. The van der Waals surface area contributed by atoms with Crippen molar-refractivity contribution in [1.82, 2.24) is 0 Å². The predicted octanol–water partition coefficient (Wildman–Crippen LogP) is 6.16. The first-order valence-corrected chi connectivity index (χ1v) is 10.9. The number of rotatable bonds is 9. The molecule has 0 aliphatic rings. The summed E-state index contributed by atoms with van der Waals surface area (Å²) < 4.78 is 6.09. The quantitative estimate of drug-likeness (QED) is 0.212. The van der Waals surface area contributed by atoms with Gasteiger partial charge in [-0.25, -0.2) is 0 Å². The Balaban J connectivity index is 1.97. The SMILES string of the molecule is C#CCOC(=O)C[C@@H](c1ccccc1)[C@@H](CC(=O)c1ccc(Br)cc1)c1ccccc1. The summed E-state index contributed by atoms with van der Waals surface area (Å²) in [7, 11) is 0. The van der Waals surface area contributed by atoms with Gasteiger partial charge >= 0.3 is 5.97 Å². The lowest BCUT2D eigenvalue weighted by molar-refractivity contribution is -0.142. The van der Waals surface area contributed by atoms with Crippen LogP contribution >= 0.6 is 15.9 Å². The molecule has 0 N–H and O–H groups in total. The summed E-state index contributed by atoms with van der Waals surface area (Å²) in [6.45, 7) is -0.0613. The number of Topliss-reactive ketones (excluding diaryl/α,β-unsaturated/α-hetero) is 1. The lowest BCUT2D eigenvalue weighted by Gasteiger charge is -2.27. The van der Waals surface area contributed by atoms with E-state index in [0.717, 1.165) is 15.6 Å². The van der Waals surface area contributed by atoms with Gasteiger partial charge in [-0.3, -0.25) is 9.59 Å². The van der Waals surface area contributed by atoms with Crippen molar-refractivity contribution in [2.45, 2.75) is 24.7 Å². The molecule has 0 aliphatic carbocycles. The van der Waals surface area contributed by atoms with E-state index in [1.165, 1.54) is 0 Å². The number of hydrogen-bond acceptors (Lipinski definition) is 3. The Morgan fingerprint density at radius 1 is 0.806 bits per heavy atom. The van der Waals surface area contributed by atoms with Gasteiger partial charge in [-0.15, -0.1) is 6.42 Å². The second-order valence-electron chi connectivity index (χ2n) is 7.24. The smallest absolute Gasteiger partial charge is 0.307 e. The molecule has 0 unspecified atom stereocenters. The Morgan fingerprint density at radius 2 is 1.32 bits per heavy atom. The van der Waals surface area contributed by atoms with Gasteiger partial charge in [0.1, 0.15) is 0 Å². The summed E-state index contributed by atoms with van der Waals surface area (Å²) in [6.07, 6.45) is 5.64. The molecule has 3 nitrogen and oxygen atoms in total. The van der Waals surface area contributed by atoms with Gasteiger partial charge in [-0.1, -0.05) is 94.6 Å². The van der Waals surface area contributed by atoms with Crippen molar-refractivity contribution in [1.29, 1.82) is 0 Å². The first-order chi connectivity index (χ1) is 15.1. The number of esters is 1. The number of halogens is 1. The second-order valence-corrected chi connectivity index (χ2v) is 8.15. The molecular weight excluding hydrogens is 452 g/mol. The first-order valence-electron chi connectivity index (χ1n) is 10.1. The third kappa shape index (κ3) is 6.41. The number of carbonyl (C=O) groups excluding carboxylic acids is 2. The normalized spacial score (nSPS) is 12.4. The topological polar surface area (TPSA) is 43.4 Å². The van der Waals surface area contributed by atoms with Gasteiger partial charge in [0.15, 0.2) is 12.4 Å². The monoisotopic (exact) mass is 474 g/mol. The molecule has 0 bridgehead atoms. The van der Waals surface area contributed by atoms with Crippen LogP contribution < -0.4 is 0 Å². The van der Waals surface area contributed by atoms with Gasteiger partial charge in [0, 0.05) is 22.4 Å². The predicted molar refractivity (Wildman–Crippen MR) is 126 cm³/mol. The van der Waals surface area contributed by atoms with Crippen LogP contribution in [0.1, 0.15) is 46.2 Å². The van der Waals surface area contributed by atoms with Crippen LogP contribution in [0.3, 0.4) is 0 Å². The van der Waals surface area contributed by atoms with E-state index >= 15 is 0 Å². The molecule has 0 radical (unpaired) electrons. The molecule has 31 heavy (non-hydrogen) atoms. The highest BCUT2D eigenvalue weighted by atomic mass is 79.9. The number of terminal acetylenes is 1. The van der Waals surface area contributed by atoms with Gasteiger partial charge in [0.25, 0.3) is 0 Å². The van der Waals surface area contributed by atoms with Gasteiger partial charge in [0.05, 0.1) is 6.42 Å². The zero-order valence-corrected chi connectivity index (χ0v) is 18.6. The molecule has 0 aromatic heterocycles. The number of hydrogen-bond donors (Lipinski definition) is 0. The third-order valence-electron chi connectivity index (χ3n) is 5.22. The fraction of sp³-hybridized carbons (Fsp3) is 0.185. The van der Waals surface area contributed by atoms with E-state index in [-0.39, 0.29) is 43.0 Å². The molecule has 0 fully saturated rings. The summed E-state index contributed by atoms with van der Waals surface area (Å²) >= 11 is 3.41. The van der Waals surface area contributed by atoms with Crippen molar-refractivity contribution >= 4 is 27.7 Å². The van der Waals surface area contributed by atoms with Crippen molar-refractivity contribution < 1.29 is 14.3 Å². The van der Waals surface area contributed by atoms with E-state index in [1.54, 1.807) is 0 Å². The summed E-state index contributed by atoms with van der Waals surface area (Å²) in [5.41, 5.74) is 2.63. The number of carbonyl (C=O) groups is 2. The fourth-order valence-electron chi connectivity index (χ4n) is 3.70. The number of ether oxygens (including phenoxy) is 1. The molecule has 2 atom stereocenters. The maximum atomic E-state index is 13.2. The van der Waals surface area contributed by atoms with Gasteiger partial charge < -0.3 is 4.74 Å². The van der Waals surface area contributed by atoms with Crippen LogP contribution in [0.15, 0.2) is 89.4 Å². The lowest BCUT2D eigenvalue weighted by Crippen LogP contribution is -2.20. The molecule has 156 valence electrons. The van der Waals surface area contributed by atoms with Crippen LogP contribution in [0.2, 0.25) is 0 Å². The Bertz CT molecular complexity index is 1040. The van der Waals surface area contributed by atoms with Crippen LogP contribution in [0.5, 0.6) is 0 Å². The van der Waals surface area contributed by atoms with Crippen LogP contribution in [0, 0.1) is 12.3 Å². The Hall–Kier alpha value is -3.16. The van der Waals surface area contributed by atoms with Crippen molar-refractivity contribution in [3.63, 3.8) is 0 Å². The molecule has 0 aliphatic heterocycles. The minimum Gasteiger partial charge on any atom is -0.452 e. The highest BCUT2D eigenvalue weighted by Gasteiger charge is 2.30. The van der Waals surface area contributed by atoms with Gasteiger partial charge in [-0.2, -0.15) is 0 Å². The minimum absolute atomic E-state index is 0.0271. The molecule has 4 heteroatoms. The van der Waals surface area contributed by atoms with E-state index in [4.69, 9.17) is 11.2 Å². The maximum absolute atomic E-state index is 13.2. The third-order valence-corrected chi connectivity index (χ3v) is 5.74. The van der Waals surface area contributed by atoms with Crippen molar-refractivity contribution in [2.75, 3.05) is 6.61 Å². The number of benzene rings is 3. The van der Waals surface area contributed by atoms with E-state index in [0.29, 0.717) is 5.56 Å². The maximum Gasteiger partial charge on any atom is 0.307 e. The Labute approximate surface area is 191 Å². The van der Waals surface area contributed by atoms with Crippen LogP contribution in [-0.4, -0.2) is 18.4 Å². The average molecular weight is 475 g/mol. The Morgan fingerprint density at radius 3 is 1.84 bits per heavy atom. The molecule has 0 spiro atoms. The summed E-state index contributed by atoms with van der Waals surface area (Å²) in [6, 6.07) is 27.0.